The quantitative estimate of drug-likeness (QED) is 0.490. The van der Waals surface area contributed by atoms with E-state index < -0.39 is 0 Å². The van der Waals surface area contributed by atoms with Crippen LogP contribution in [0.2, 0.25) is 0 Å². The third-order valence-corrected chi connectivity index (χ3v) is 5.63. The maximum atomic E-state index is 12.4. The van der Waals surface area contributed by atoms with Gasteiger partial charge in [0, 0.05) is 12.0 Å². The minimum atomic E-state index is 0. The minimum Gasteiger partial charge on any atom is -1.00 e. The summed E-state index contributed by atoms with van der Waals surface area (Å²) in [5.74, 6) is 2.19. The largest absolute Gasteiger partial charge is 1.00 e. The number of benzene rings is 1. The number of quaternary nitrogens is 1. The number of ether oxygens (including phenoxy) is 2. The second-order valence-corrected chi connectivity index (χ2v) is 6.83. The summed E-state index contributed by atoms with van der Waals surface area (Å²) in [6.07, 6.45) is 2.64. The molecule has 128 valence electrons. The Kier molecular flexibility index (Phi) is 5.61. The number of likely N-dealkylation sites (N-methyl/N-ethyl adjacent to an activating group) is 1. The molecule has 1 aromatic rings. The Bertz CT molecular complexity index is 604. The zero-order chi connectivity index (χ0) is 15.9. The van der Waals surface area contributed by atoms with E-state index in [2.05, 4.69) is 26.1 Å². The summed E-state index contributed by atoms with van der Waals surface area (Å²) >= 11 is 0. The van der Waals surface area contributed by atoms with E-state index in [1.54, 1.807) is 14.2 Å². The Morgan fingerprint density at radius 3 is 2.48 bits per heavy atom. The third-order valence-electron chi connectivity index (χ3n) is 5.63. The average Bonchev–Trinajstić information content (AvgIpc) is 2.53. The predicted octanol–water partition coefficient (Wildman–Crippen LogP) is -0.249. The highest BCUT2D eigenvalue weighted by molar-refractivity contribution is 5.82. The van der Waals surface area contributed by atoms with Crippen molar-refractivity contribution in [3.8, 4) is 11.5 Å². The lowest BCUT2D eigenvalue weighted by molar-refractivity contribution is -0.945. The molecule has 4 nitrogen and oxygen atoms in total. The number of halogens is 1. The summed E-state index contributed by atoms with van der Waals surface area (Å²) in [6, 6.07) is 4.45. The maximum Gasteiger partial charge on any atom is 0.161 e. The normalized spacial score (nSPS) is 29.1. The Labute approximate surface area is 155 Å². The molecule has 5 heteroatoms. The molecule has 0 aromatic heterocycles. The van der Waals surface area contributed by atoms with Gasteiger partial charge in [-0.3, -0.25) is 4.79 Å². The van der Waals surface area contributed by atoms with Crippen molar-refractivity contribution in [1.82, 2.24) is 0 Å². The first-order valence-electron chi connectivity index (χ1n) is 8.14. The maximum absolute atomic E-state index is 12.4. The number of methoxy groups -OCH3 is 2. The lowest BCUT2D eigenvalue weighted by Crippen LogP contribution is -3.00. The highest BCUT2D eigenvalue weighted by Crippen LogP contribution is 2.45. The van der Waals surface area contributed by atoms with Crippen LogP contribution in [-0.4, -0.2) is 44.6 Å². The molecule has 3 atom stereocenters. The predicted molar refractivity (Wildman–Crippen MR) is 85.3 cm³/mol. The number of hydrogen-bond donors (Lipinski definition) is 0. The van der Waals surface area contributed by atoms with Crippen LogP contribution in [-0.2, 0) is 11.2 Å². The Morgan fingerprint density at radius 2 is 1.87 bits per heavy atom. The van der Waals surface area contributed by atoms with Crippen molar-refractivity contribution < 1.29 is 42.7 Å². The molecule has 2 aliphatic rings. The van der Waals surface area contributed by atoms with Crippen molar-refractivity contribution in [2.24, 2.45) is 5.92 Å². The number of fused-ring (bicyclic) bond motifs is 3. The second-order valence-electron chi connectivity index (χ2n) is 6.83. The molecule has 2 heterocycles. The number of Topliss-reactive ketones (excluding diaryl/α,β-unsaturated/α-hetero) is 1. The molecule has 0 radical (unpaired) electrons. The van der Waals surface area contributed by atoms with Gasteiger partial charge in [0.2, 0.25) is 0 Å². The Hall–Kier alpha value is -0.820. The van der Waals surface area contributed by atoms with Gasteiger partial charge < -0.3 is 37.9 Å². The van der Waals surface area contributed by atoms with Gasteiger partial charge in [0.15, 0.2) is 11.5 Å². The minimum absolute atomic E-state index is 0. The van der Waals surface area contributed by atoms with Gasteiger partial charge in [-0.15, -0.1) is 0 Å². The molecule has 1 saturated heterocycles. The molecule has 3 unspecified atom stereocenters. The summed E-state index contributed by atoms with van der Waals surface area (Å²) in [5.41, 5.74) is 2.58. The Balaban J connectivity index is 0.00000192. The molecule has 1 aromatic carbocycles. The first-order chi connectivity index (χ1) is 10.5. The fourth-order valence-electron chi connectivity index (χ4n) is 4.20. The van der Waals surface area contributed by atoms with Gasteiger partial charge in [-0.2, -0.15) is 0 Å². The molecular formula is C18H26INO3. The summed E-state index contributed by atoms with van der Waals surface area (Å²) in [5, 5.41) is 0. The molecule has 0 N–H and O–H groups in total. The van der Waals surface area contributed by atoms with E-state index in [1.165, 1.54) is 11.1 Å². The molecule has 0 spiro atoms. The van der Waals surface area contributed by atoms with Gasteiger partial charge in [-0.1, -0.05) is 6.92 Å². The molecule has 23 heavy (non-hydrogen) atoms. The van der Waals surface area contributed by atoms with E-state index in [1.807, 2.05) is 0 Å². The van der Waals surface area contributed by atoms with Crippen LogP contribution in [0, 0.1) is 5.92 Å². The molecule has 0 amide bonds. The number of carbonyl (C=O) groups is 1. The number of piperidine rings is 1. The third kappa shape index (κ3) is 3.09. The van der Waals surface area contributed by atoms with Crippen LogP contribution >= 0.6 is 0 Å². The van der Waals surface area contributed by atoms with Crippen LogP contribution in [0.1, 0.15) is 36.9 Å². The topological polar surface area (TPSA) is 35.5 Å². The van der Waals surface area contributed by atoms with Crippen molar-refractivity contribution in [2.45, 2.75) is 32.2 Å². The van der Waals surface area contributed by atoms with E-state index >= 15 is 0 Å². The van der Waals surface area contributed by atoms with E-state index in [0.29, 0.717) is 12.2 Å². The number of rotatable bonds is 3. The van der Waals surface area contributed by atoms with Gasteiger partial charge >= 0.3 is 0 Å². The van der Waals surface area contributed by atoms with Gasteiger partial charge in [-0.05, 0) is 24.1 Å². The van der Waals surface area contributed by atoms with E-state index in [-0.39, 0.29) is 35.9 Å². The van der Waals surface area contributed by atoms with Crippen LogP contribution in [0.3, 0.4) is 0 Å². The van der Waals surface area contributed by atoms with E-state index in [9.17, 15) is 4.79 Å². The van der Waals surface area contributed by atoms with Crippen LogP contribution in [0.5, 0.6) is 11.5 Å². The SMILES string of the molecule is CCC1C[N+]2(C)CCc3cc(OC)c(OC)cc3C2CC1=O.[I-]. The monoisotopic (exact) mass is 431 g/mol. The van der Waals surface area contributed by atoms with Crippen LogP contribution < -0.4 is 33.5 Å². The van der Waals surface area contributed by atoms with Crippen LogP contribution in [0.4, 0.5) is 0 Å². The van der Waals surface area contributed by atoms with Gasteiger partial charge in [-0.25, -0.2) is 0 Å². The molecule has 0 saturated carbocycles. The summed E-state index contributed by atoms with van der Waals surface area (Å²) in [7, 11) is 5.64. The van der Waals surface area contributed by atoms with Crippen molar-refractivity contribution in [2.75, 3.05) is 34.4 Å². The lowest BCUT2D eigenvalue weighted by Gasteiger charge is -2.50. The van der Waals surface area contributed by atoms with Crippen molar-refractivity contribution in [3.05, 3.63) is 23.3 Å². The molecule has 0 bridgehead atoms. The lowest BCUT2D eigenvalue weighted by atomic mass is 9.79. The van der Waals surface area contributed by atoms with Gasteiger partial charge in [0.05, 0.1) is 46.7 Å². The first-order valence-corrected chi connectivity index (χ1v) is 8.14. The zero-order valence-corrected chi connectivity index (χ0v) is 16.6. The zero-order valence-electron chi connectivity index (χ0n) is 14.4. The molecule has 2 aliphatic heterocycles. The summed E-state index contributed by atoms with van der Waals surface area (Å²) < 4.78 is 11.9. The van der Waals surface area contributed by atoms with E-state index in [4.69, 9.17) is 9.47 Å². The van der Waals surface area contributed by atoms with Crippen LogP contribution in [0.15, 0.2) is 12.1 Å². The number of nitrogens with zero attached hydrogens (tertiary/aromatic N) is 1. The van der Waals surface area contributed by atoms with Gasteiger partial charge in [0.1, 0.15) is 11.8 Å². The standard InChI is InChI=1S/C18H26NO3.HI/c1-5-12-11-19(2)7-6-13-8-17(21-3)18(22-4)9-14(13)15(19)10-16(12)20;/h8-9,12,15H,5-7,10-11H2,1-4H3;1H/q+1;/p-1. The number of carbonyl (C=O) groups excluding carboxylic acids is 1. The fraction of sp³-hybridized carbons (Fsp3) is 0.611. The smallest absolute Gasteiger partial charge is 0.161 e. The van der Waals surface area contributed by atoms with Crippen molar-refractivity contribution >= 4 is 5.78 Å². The summed E-state index contributed by atoms with van der Waals surface area (Å²) in [4.78, 5) is 12.4. The van der Waals surface area contributed by atoms with Crippen molar-refractivity contribution in [1.29, 1.82) is 0 Å². The Morgan fingerprint density at radius 1 is 1.22 bits per heavy atom. The van der Waals surface area contributed by atoms with Crippen LogP contribution in [0.25, 0.3) is 0 Å². The highest BCUT2D eigenvalue weighted by atomic mass is 127. The number of ketones is 1. The highest BCUT2D eigenvalue weighted by Gasteiger charge is 2.47. The summed E-state index contributed by atoms with van der Waals surface area (Å²) in [6.45, 7) is 4.19. The number of hydrogen-bond acceptors (Lipinski definition) is 3. The molecule has 1 fully saturated rings. The molecular weight excluding hydrogens is 405 g/mol. The fourth-order valence-corrected chi connectivity index (χ4v) is 4.20. The molecule has 3 rings (SSSR count). The second kappa shape index (κ2) is 6.97. The van der Waals surface area contributed by atoms with Gasteiger partial charge in [0.25, 0.3) is 0 Å². The van der Waals surface area contributed by atoms with Crippen molar-refractivity contribution in [3.63, 3.8) is 0 Å². The molecule has 0 aliphatic carbocycles. The van der Waals surface area contributed by atoms with E-state index in [0.717, 1.165) is 41.9 Å². The average molecular weight is 431 g/mol. The first kappa shape index (κ1) is 18.5.